The standard InChI is InChI=1S/C14H21NO2S/c1-6-17-14(16)9(2)8-15-11(4)13-7-10(3)18-12(13)5/h7,11,15H,2,6,8H2,1,3-5H3. The molecule has 0 saturated carbocycles. The van der Waals surface area contributed by atoms with Crippen LogP contribution in [0.15, 0.2) is 18.2 Å². The van der Waals surface area contributed by atoms with Crippen molar-refractivity contribution >= 4 is 17.3 Å². The first-order chi connectivity index (χ1) is 8.45. The molecule has 0 fully saturated rings. The molecule has 1 atom stereocenters. The Morgan fingerprint density at radius 1 is 1.56 bits per heavy atom. The van der Waals surface area contributed by atoms with E-state index in [0.29, 0.717) is 18.7 Å². The van der Waals surface area contributed by atoms with E-state index in [-0.39, 0.29) is 12.0 Å². The number of thiophene rings is 1. The van der Waals surface area contributed by atoms with Crippen LogP contribution in [0.3, 0.4) is 0 Å². The summed E-state index contributed by atoms with van der Waals surface area (Å²) in [5.74, 6) is -0.324. The first-order valence-corrected chi connectivity index (χ1v) is 6.92. The fraction of sp³-hybridized carbons (Fsp3) is 0.500. The van der Waals surface area contributed by atoms with E-state index in [1.54, 1.807) is 18.3 Å². The quantitative estimate of drug-likeness (QED) is 0.635. The van der Waals surface area contributed by atoms with Crippen molar-refractivity contribution in [1.82, 2.24) is 5.32 Å². The van der Waals surface area contributed by atoms with E-state index in [2.05, 4.69) is 38.7 Å². The maximum absolute atomic E-state index is 11.4. The Morgan fingerprint density at radius 3 is 2.72 bits per heavy atom. The summed E-state index contributed by atoms with van der Waals surface area (Å²) in [6.07, 6.45) is 0. The van der Waals surface area contributed by atoms with Crippen LogP contribution in [0.2, 0.25) is 0 Å². The summed E-state index contributed by atoms with van der Waals surface area (Å²) >= 11 is 1.79. The van der Waals surface area contributed by atoms with Crippen LogP contribution in [-0.2, 0) is 9.53 Å². The van der Waals surface area contributed by atoms with Crippen molar-refractivity contribution in [2.24, 2.45) is 0 Å². The number of nitrogens with one attached hydrogen (secondary N) is 1. The number of aryl methyl sites for hydroxylation is 2. The topological polar surface area (TPSA) is 38.3 Å². The SMILES string of the molecule is C=C(CNC(C)c1cc(C)sc1C)C(=O)OCC. The van der Waals surface area contributed by atoms with Crippen molar-refractivity contribution < 1.29 is 9.53 Å². The van der Waals surface area contributed by atoms with E-state index >= 15 is 0 Å². The number of hydrogen-bond acceptors (Lipinski definition) is 4. The Balaban J connectivity index is 2.51. The highest BCUT2D eigenvalue weighted by atomic mass is 32.1. The lowest BCUT2D eigenvalue weighted by Gasteiger charge is -2.14. The van der Waals surface area contributed by atoms with Gasteiger partial charge in [0.15, 0.2) is 0 Å². The van der Waals surface area contributed by atoms with Crippen molar-refractivity contribution in [2.75, 3.05) is 13.2 Å². The first-order valence-electron chi connectivity index (χ1n) is 6.10. The van der Waals surface area contributed by atoms with Crippen LogP contribution in [0.1, 0.15) is 35.2 Å². The summed E-state index contributed by atoms with van der Waals surface area (Å²) < 4.78 is 4.89. The van der Waals surface area contributed by atoms with Gasteiger partial charge in [-0.3, -0.25) is 0 Å². The van der Waals surface area contributed by atoms with Crippen LogP contribution in [0.5, 0.6) is 0 Å². The second kappa shape index (κ2) is 6.71. The number of carbonyl (C=O) groups excluding carboxylic acids is 1. The Morgan fingerprint density at radius 2 is 2.22 bits per heavy atom. The molecule has 18 heavy (non-hydrogen) atoms. The minimum absolute atomic E-state index is 0.209. The molecule has 1 heterocycles. The molecule has 100 valence electrons. The second-order valence-corrected chi connectivity index (χ2v) is 5.76. The highest BCUT2D eigenvalue weighted by molar-refractivity contribution is 7.12. The van der Waals surface area contributed by atoms with Crippen LogP contribution >= 0.6 is 11.3 Å². The van der Waals surface area contributed by atoms with Crippen LogP contribution in [-0.4, -0.2) is 19.1 Å². The van der Waals surface area contributed by atoms with Crippen LogP contribution < -0.4 is 5.32 Å². The molecule has 0 aliphatic carbocycles. The fourth-order valence-electron chi connectivity index (χ4n) is 1.77. The third kappa shape index (κ3) is 3.96. The van der Waals surface area contributed by atoms with Crippen molar-refractivity contribution in [1.29, 1.82) is 0 Å². The molecule has 0 spiro atoms. The van der Waals surface area contributed by atoms with Gasteiger partial charge < -0.3 is 10.1 Å². The highest BCUT2D eigenvalue weighted by Crippen LogP contribution is 2.26. The van der Waals surface area contributed by atoms with Gasteiger partial charge in [0.1, 0.15) is 0 Å². The number of carbonyl (C=O) groups is 1. The largest absolute Gasteiger partial charge is 0.463 e. The summed E-state index contributed by atoms with van der Waals surface area (Å²) in [4.78, 5) is 14.0. The van der Waals surface area contributed by atoms with Gasteiger partial charge in [0.05, 0.1) is 6.61 Å². The lowest BCUT2D eigenvalue weighted by atomic mass is 10.1. The van der Waals surface area contributed by atoms with Gasteiger partial charge in [-0.2, -0.15) is 0 Å². The number of hydrogen-bond donors (Lipinski definition) is 1. The van der Waals surface area contributed by atoms with E-state index in [4.69, 9.17) is 4.74 Å². The van der Waals surface area contributed by atoms with Crippen molar-refractivity contribution in [2.45, 2.75) is 33.7 Å². The van der Waals surface area contributed by atoms with Gasteiger partial charge in [-0.05, 0) is 39.3 Å². The van der Waals surface area contributed by atoms with E-state index < -0.39 is 0 Å². The molecular weight excluding hydrogens is 246 g/mol. The maximum Gasteiger partial charge on any atom is 0.334 e. The summed E-state index contributed by atoms with van der Waals surface area (Å²) in [6.45, 7) is 12.7. The normalized spacial score (nSPS) is 12.2. The molecule has 1 N–H and O–H groups in total. The Labute approximate surface area is 113 Å². The molecule has 1 aromatic heterocycles. The average molecular weight is 267 g/mol. The van der Waals surface area contributed by atoms with Gasteiger partial charge in [-0.1, -0.05) is 6.58 Å². The molecular formula is C14H21NO2S. The van der Waals surface area contributed by atoms with E-state index in [1.165, 1.54) is 15.3 Å². The van der Waals surface area contributed by atoms with Crippen LogP contribution in [0.4, 0.5) is 0 Å². The van der Waals surface area contributed by atoms with Gasteiger partial charge in [0, 0.05) is 27.9 Å². The molecule has 0 aromatic carbocycles. The minimum atomic E-state index is -0.324. The molecule has 4 heteroatoms. The van der Waals surface area contributed by atoms with E-state index in [1.807, 2.05) is 0 Å². The lowest BCUT2D eigenvalue weighted by Crippen LogP contribution is -2.24. The van der Waals surface area contributed by atoms with Crippen LogP contribution in [0.25, 0.3) is 0 Å². The maximum atomic E-state index is 11.4. The van der Waals surface area contributed by atoms with Crippen molar-refractivity contribution in [3.63, 3.8) is 0 Å². The predicted octanol–water partition coefficient (Wildman–Crippen LogP) is 3.13. The summed E-state index contributed by atoms with van der Waals surface area (Å²) in [6, 6.07) is 2.39. The molecule has 1 rings (SSSR count). The molecule has 0 amide bonds. The average Bonchev–Trinajstić information content (AvgIpc) is 2.65. The number of rotatable bonds is 6. The third-order valence-electron chi connectivity index (χ3n) is 2.73. The zero-order valence-corrected chi connectivity index (χ0v) is 12.3. The van der Waals surface area contributed by atoms with Gasteiger partial charge >= 0.3 is 5.97 Å². The Hall–Kier alpha value is -1.13. The fourth-order valence-corrected chi connectivity index (χ4v) is 2.79. The Bertz CT molecular complexity index is 437. The van der Waals surface area contributed by atoms with E-state index in [0.717, 1.165) is 0 Å². The smallest absolute Gasteiger partial charge is 0.334 e. The number of ether oxygens (including phenoxy) is 1. The lowest BCUT2D eigenvalue weighted by molar-refractivity contribution is -0.138. The molecule has 1 aromatic rings. The Kier molecular flexibility index (Phi) is 5.56. The predicted molar refractivity (Wildman–Crippen MR) is 76.0 cm³/mol. The monoisotopic (exact) mass is 267 g/mol. The molecule has 3 nitrogen and oxygen atoms in total. The molecule has 1 unspecified atom stereocenters. The van der Waals surface area contributed by atoms with Gasteiger partial charge in [0.25, 0.3) is 0 Å². The van der Waals surface area contributed by atoms with Gasteiger partial charge in [-0.15, -0.1) is 11.3 Å². The van der Waals surface area contributed by atoms with Crippen LogP contribution in [0, 0.1) is 13.8 Å². The highest BCUT2D eigenvalue weighted by Gasteiger charge is 2.13. The summed E-state index contributed by atoms with van der Waals surface area (Å²) in [5.41, 5.74) is 1.75. The third-order valence-corrected chi connectivity index (χ3v) is 3.71. The molecule has 0 bridgehead atoms. The van der Waals surface area contributed by atoms with Crippen molar-refractivity contribution in [3.8, 4) is 0 Å². The summed E-state index contributed by atoms with van der Waals surface area (Å²) in [7, 11) is 0. The molecule has 0 aliphatic rings. The zero-order valence-electron chi connectivity index (χ0n) is 11.5. The molecule has 0 radical (unpaired) electrons. The van der Waals surface area contributed by atoms with Gasteiger partial charge in [-0.25, -0.2) is 4.79 Å². The minimum Gasteiger partial charge on any atom is -0.463 e. The number of esters is 1. The molecule has 0 aliphatic heterocycles. The molecule has 0 saturated heterocycles. The summed E-state index contributed by atoms with van der Waals surface area (Å²) in [5, 5.41) is 3.30. The van der Waals surface area contributed by atoms with Gasteiger partial charge in [0.2, 0.25) is 0 Å². The first kappa shape index (κ1) is 14.9. The van der Waals surface area contributed by atoms with E-state index in [9.17, 15) is 4.79 Å². The van der Waals surface area contributed by atoms with Crippen molar-refractivity contribution in [3.05, 3.63) is 33.5 Å². The second-order valence-electron chi connectivity index (χ2n) is 4.30. The zero-order chi connectivity index (χ0) is 13.7.